The van der Waals surface area contributed by atoms with Crippen molar-refractivity contribution < 1.29 is 4.79 Å². The molecule has 5 nitrogen and oxygen atoms in total. The monoisotopic (exact) mass is 378 g/mol. The van der Waals surface area contributed by atoms with Crippen molar-refractivity contribution in [2.24, 2.45) is 5.92 Å². The molecule has 0 saturated carbocycles. The van der Waals surface area contributed by atoms with Crippen LogP contribution < -0.4 is 10.2 Å². The lowest BCUT2D eigenvalue weighted by Crippen LogP contribution is -2.49. The van der Waals surface area contributed by atoms with Crippen LogP contribution in [0, 0.1) is 5.92 Å². The average molecular weight is 379 g/mol. The highest BCUT2D eigenvalue weighted by Crippen LogP contribution is 2.33. The van der Waals surface area contributed by atoms with Crippen LogP contribution in [-0.2, 0) is 17.6 Å². The third kappa shape index (κ3) is 4.03. The second kappa shape index (κ2) is 7.53. The third-order valence-corrected chi connectivity index (χ3v) is 5.53. The van der Waals surface area contributed by atoms with E-state index < -0.39 is 0 Å². The number of nitrogens with one attached hydrogen (secondary N) is 1. The summed E-state index contributed by atoms with van der Waals surface area (Å²) >= 11 is 0. The molecule has 2 heterocycles. The van der Waals surface area contributed by atoms with Crippen molar-refractivity contribution in [3.8, 4) is 11.4 Å². The molecule has 0 spiro atoms. The summed E-state index contributed by atoms with van der Waals surface area (Å²) in [4.78, 5) is 24.9. The topological polar surface area (TPSA) is 58.1 Å². The van der Waals surface area contributed by atoms with E-state index in [1.165, 1.54) is 11.3 Å². The zero-order chi connectivity index (χ0) is 19.7. The van der Waals surface area contributed by atoms with Gasteiger partial charge in [0.2, 0.25) is 5.91 Å². The van der Waals surface area contributed by atoms with Crippen molar-refractivity contribution in [3.05, 3.63) is 41.6 Å². The Bertz CT molecular complexity index is 857. The first-order valence-corrected chi connectivity index (χ1v) is 10.4. The lowest BCUT2D eigenvalue weighted by molar-refractivity contribution is -0.126. The van der Waals surface area contributed by atoms with Gasteiger partial charge in [-0.3, -0.25) is 4.79 Å². The molecule has 0 radical (unpaired) electrons. The van der Waals surface area contributed by atoms with Gasteiger partial charge in [0.05, 0.1) is 5.92 Å². The van der Waals surface area contributed by atoms with E-state index in [0.717, 1.165) is 62.4 Å². The van der Waals surface area contributed by atoms with Crippen molar-refractivity contribution >= 4 is 11.7 Å². The predicted molar refractivity (Wildman–Crippen MR) is 112 cm³/mol. The van der Waals surface area contributed by atoms with Crippen LogP contribution >= 0.6 is 0 Å². The van der Waals surface area contributed by atoms with Crippen molar-refractivity contribution in [2.45, 2.75) is 58.4 Å². The molecule has 2 aliphatic rings. The minimum absolute atomic E-state index is 0.0140. The Balaban J connectivity index is 1.63. The fourth-order valence-electron chi connectivity index (χ4n) is 4.25. The van der Waals surface area contributed by atoms with E-state index in [0.29, 0.717) is 0 Å². The lowest BCUT2D eigenvalue weighted by atomic mass is 9.95. The summed E-state index contributed by atoms with van der Waals surface area (Å²) in [6.07, 6.45) is 5.15. The molecular weight excluding hydrogens is 348 g/mol. The van der Waals surface area contributed by atoms with Gasteiger partial charge in [0, 0.05) is 35.4 Å². The maximum atomic E-state index is 12.7. The van der Waals surface area contributed by atoms with Gasteiger partial charge in [0.25, 0.3) is 0 Å². The van der Waals surface area contributed by atoms with Crippen LogP contribution in [0.2, 0.25) is 0 Å². The number of fused-ring (bicyclic) bond motifs is 1. The minimum Gasteiger partial charge on any atom is -0.355 e. The molecule has 1 aromatic carbocycles. The number of rotatable bonds is 3. The maximum absolute atomic E-state index is 12.7. The summed E-state index contributed by atoms with van der Waals surface area (Å²) in [5.74, 6) is 2.03. The summed E-state index contributed by atoms with van der Waals surface area (Å²) in [6, 6.07) is 10.2. The Morgan fingerprint density at radius 3 is 2.64 bits per heavy atom. The van der Waals surface area contributed by atoms with E-state index in [-0.39, 0.29) is 17.4 Å². The number of piperidine rings is 1. The van der Waals surface area contributed by atoms with Gasteiger partial charge < -0.3 is 10.2 Å². The Kier molecular flexibility index (Phi) is 5.09. The summed E-state index contributed by atoms with van der Waals surface area (Å²) in [7, 11) is 0. The highest BCUT2D eigenvalue weighted by Gasteiger charge is 2.31. The maximum Gasteiger partial charge on any atom is 0.225 e. The molecule has 1 amide bonds. The first-order valence-electron chi connectivity index (χ1n) is 10.4. The Morgan fingerprint density at radius 2 is 1.89 bits per heavy atom. The Hall–Kier alpha value is -2.43. The number of hydrogen-bond acceptors (Lipinski definition) is 4. The molecule has 1 saturated heterocycles. The van der Waals surface area contributed by atoms with E-state index in [9.17, 15) is 4.79 Å². The second-order valence-corrected chi connectivity index (χ2v) is 9.04. The predicted octanol–water partition coefficient (Wildman–Crippen LogP) is 3.76. The first kappa shape index (κ1) is 18.9. The number of carbonyl (C=O) groups is 1. The number of carbonyl (C=O) groups excluding carboxylic acids is 1. The average Bonchev–Trinajstić information content (AvgIpc) is 3.15. The molecular formula is C23H30N4O. The normalized spacial score (nSPS) is 19.4. The largest absolute Gasteiger partial charge is 0.355 e. The van der Waals surface area contributed by atoms with Gasteiger partial charge in [0.15, 0.2) is 5.82 Å². The first-order chi connectivity index (χ1) is 13.4. The van der Waals surface area contributed by atoms with E-state index in [2.05, 4.69) is 22.3 Å². The third-order valence-electron chi connectivity index (χ3n) is 5.53. The van der Waals surface area contributed by atoms with Crippen molar-refractivity contribution in [1.29, 1.82) is 0 Å². The Labute approximate surface area is 167 Å². The second-order valence-electron chi connectivity index (χ2n) is 9.04. The summed E-state index contributed by atoms with van der Waals surface area (Å²) < 4.78 is 0. The molecule has 1 fully saturated rings. The molecule has 0 bridgehead atoms. The van der Waals surface area contributed by atoms with Crippen LogP contribution in [-0.4, -0.2) is 34.5 Å². The van der Waals surface area contributed by atoms with E-state index in [1.807, 2.05) is 39.0 Å². The highest BCUT2D eigenvalue weighted by atomic mass is 16.2. The Morgan fingerprint density at radius 1 is 1.11 bits per heavy atom. The van der Waals surface area contributed by atoms with Gasteiger partial charge in [-0.1, -0.05) is 30.3 Å². The highest BCUT2D eigenvalue weighted by molar-refractivity contribution is 5.80. The number of anilines is 1. The molecule has 1 aromatic heterocycles. The van der Waals surface area contributed by atoms with E-state index >= 15 is 0 Å². The van der Waals surface area contributed by atoms with Gasteiger partial charge in [0.1, 0.15) is 5.82 Å². The zero-order valence-electron chi connectivity index (χ0n) is 17.2. The molecule has 1 unspecified atom stereocenters. The van der Waals surface area contributed by atoms with Crippen LogP contribution in [0.5, 0.6) is 0 Å². The molecule has 1 N–H and O–H groups in total. The van der Waals surface area contributed by atoms with E-state index in [4.69, 9.17) is 9.97 Å². The quantitative estimate of drug-likeness (QED) is 0.883. The smallest absolute Gasteiger partial charge is 0.225 e. The molecule has 1 atom stereocenters. The van der Waals surface area contributed by atoms with Crippen LogP contribution in [0.1, 0.15) is 51.3 Å². The fraction of sp³-hybridized carbons (Fsp3) is 0.522. The van der Waals surface area contributed by atoms with E-state index in [1.54, 1.807) is 0 Å². The van der Waals surface area contributed by atoms with Crippen LogP contribution in [0.15, 0.2) is 30.3 Å². The van der Waals surface area contributed by atoms with Gasteiger partial charge in [-0.2, -0.15) is 0 Å². The number of aromatic nitrogens is 2. The van der Waals surface area contributed by atoms with Crippen LogP contribution in [0.4, 0.5) is 5.82 Å². The zero-order valence-corrected chi connectivity index (χ0v) is 17.2. The van der Waals surface area contributed by atoms with Crippen molar-refractivity contribution in [3.63, 3.8) is 0 Å². The summed E-state index contributed by atoms with van der Waals surface area (Å²) in [5.41, 5.74) is 3.33. The molecule has 4 rings (SSSR count). The molecule has 1 aliphatic carbocycles. The fourth-order valence-corrected chi connectivity index (χ4v) is 4.25. The molecule has 148 valence electrons. The summed E-state index contributed by atoms with van der Waals surface area (Å²) in [6.45, 7) is 7.80. The summed E-state index contributed by atoms with van der Waals surface area (Å²) in [5, 5.41) is 3.15. The number of benzene rings is 1. The standard InChI is InChI=1S/C23H30N4O/c1-23(2,3)26-22(28)17-11-8-14-27(15-17)21-18-12-7-13-19(18)24-20(25-21)16-9-5-4-6-10-16/h4-6,9-10,17H,7-8,11-15H2,1-3H3,(H,26,28). The number of hydrogen-bond donors (Lipinski definition) is 1. The van der Waals surface area contributed by atoms with Gasteiger partial charge in [-0.15, -0.1) is 0 Å². The van der Waals surface area contributed by atoms with Crippen LogP contribution in [0.25, 0.3) is 11.4 Å². The van der Waals surface area contributed by atoms with Gasteiger partial charge >= 0.3 is 0 Å². The van der Waals surface area contributed by atoms with Crippen molar-refractivity contribution in [2.75, 3.05) is 18.0 Å². The number of aryl methyl sites for hydroxylation is 1. The molecule has 2 aromatic rings. The SMILES string of the molecule is CC(C)(C)NC(=O)C1CCCN(c2nc(-c3ccccc3)nc3c2CCC3)C1. The number of nitrogens with zero attached hydrogens (tertiary/aromatic N) is 3. The molecule has 28 heavy (non-hydrogen) atoms. The molecule has 5 heteroatoms. The number of amides is 1. The minimum atomic E-state index is -0.198. The lowest BCUT2D eigenvalue weighted by Gasteiger charge is -2.35. The van der Waals surface area contributed by atoms with Gasteiger partial charge in [-0.05, 0) is 52.9 Å². The van der Waals surface area contributed by atoms with Gasteiger partial charge in [-0.25, -0.2) is 9.97 Å². The van der Waals surface area contributed by atoms with Crippen molar-refractivity contribution in [1.82, 2.24) is 15.3 Å². The molecule has 1 aliphatic heterocycles. The van der Waals surface area contributed by atoms with Crippen LogP contribution in [0.3, 0.4) is 0 Å².